The average molecular weight is 220 g/mol. The molecular formula is C10H16N6. The molecule has 0 radical (unpaired) electrons. The van der Waals surface area contributed by atoms with Crippen molar-refractivity contribution in [3.8, 4) is 11.4 Å². The zero-order valence-corrected chi connectivity index (χ0v) is 9.75. The molecule has 16 heavy (non-hydrogen) atoms. The van der Waals surface area contributed by atoms with Gasteiger partial charge in [-0.1, -0.05) is 13.8 Å². The first-order valence-electron chi connectivity index (χ1n) is 5.25. The first kappa shape index (κ1) is 10.7. The summed E-state index contributed by atoms with van der Waals surface area (Å²) in [5.41, 5.74) is 6.75. The van der Waals surface area contributed by atoms with Gasteiger partial charge in [-0.15, -0.1) is 10.2 Å². The smallest absolute Gasteiger partial charge is 0.169 e. The maximum Gasteiger partial charge on any atom is 0.169 e. The lowest BCUT2D eigenvalue weighted by Crippen LogP contribution is -2.06. The Labute approximate surface area is 94.1 Å². The van der Waals surface area contributed by atoms with E-state index in [1.54, 1.807) is 17.2 Å². The van der Waals surface area contributed by atoms with Crippen molar-refractivity contribution in [1.82, 2.24) is 24.5 Å². The first-order valence-corrected chi connectivity index (χ1v) is 5.25. The standard InChI is InChI=1S/C10H16N6/c1-7(2)5-16-6-12-14-10(16)8-4-13-15(3)9(8)11/h4,6-7H,5,11H2,1-3H3. The van der Waals surface area contributed by atoms with Crippen LogP contribution < -0.4 is 5.73 Å². The van der Waals surface area contributed by atoms with E-state index >= 15 is 0 Å². The van der Waals surface area contributed by atoms with E-state index in [-0.39, 0.29) is 0 Å². The number of aryl methyl sites for hydroxylation is 1. The van der Waals surface area contributed by atoms with E-state index in [1.807, 2.05) is 11.6 Å². The second-order valence-corrected chi connectivity index (χ2v) is 4.27. The molecule has 0 aliphatic carbocycles. The highest BCUT2D eigenvalue weighted by Crippen LogP contribution is 2.23. The van der Waals surface area contributed by atoms with Gasteiger partial charge in [0, 0.05) is 13.6 Å². The number of nitrogen functional groups attached to an aromatic ring is 1. The maximum atomic E-state index is 5.91. The van der Waals surface area contributed by atoms with Crippen LogP contribution in [0.4, 0.5) is 5.82 Å². The topological polar surface area (TPSA) is 74.5 Å². The van der Waals surface area contributed by atoms with Gasteiger partial charge in [0.25, 0.3) is 0 Å². The summed E-state index contributed by atoms with van der Waals surface area (Å²) in [7, 11) is 1.81. The molecule has 0 unspecified atom stereocenters. The van der Waals surface area contributed by atoms with E-state index in [4.69, 9.17) is 5.73 Å². The minimum Gasteiger partial charge on any atom is -0.383 e. The van der Waals surface area contributed by atoms with Crippen LogP contribution in [0.2, 0.25) is 0 Å². The minimum atomic E-state index is 0.535. The highest BCUT2D eigenvalue weighted by atomic mass is 15.3. The predicted octanol–water partition coefficient (Wildman–Crippen LogP) is 0.917. The molecule has 2 rings (SSSR count). The summed E-state index contributed by atoms with van der Waals surface area (Å²) in [6, 6.07) is 0. The van der Waals surface area contributed by atoms with Crippen LogP contribution in [-0.4, -0.2) is 24.5 Å². The SMILES string of the molecule is CC(C)Cn1cnnc1-c1cnn(C)c1N. The number of aromatic nitrogens is 5. The Morgan fingerprint density at radius 1 is 1.44 bits per heavy atom. The van der Waals surface area contributed by atoms with Crippen LogP contribution in [0.5, 0.6) is 0 Å². The molecular weight excluding hydrogens is 204 g/mol. The normalized spacial score (nSPS) is 11.2. The molecule has 0 amide bonds. The molecule has 2 N–H and O–H groups in total. The van der Waals surface area contributed by atoms with Crippen molar-refractivity contribution in [2.45, 2.75) is 20.4 Å². The largest absolute Gasteiger partial charge is 0.383 e. The third kappa shape index (κ3) is 1.78. The summed E-state index contributed by atoms with van der Waals surface area (Å²) in [5, 5.41) is 12.1. The first-order chi connectivity index (χ1) is 7.59. The van der Waals surface area contributed by atoms with Gasteiger partial charge in [-0.3, -0.25) is 4.68 Å². The van der Waals surface area contributed by atoms with Gasteiger partial charge in [-0.05, 0) is 5.92 Å². The number of nitrogens with two attached hydrogens (primary N) is 1. The van der Waals surface area contributed by atoms with Crippen molar-refractivity contribution in [2.75, 3.05) is 5.73 Å². The number of rotatable bonds is 3. The van der Waals surface area contributed by atoms with Crippen LogP contribution in [0.1, 0.15) is 13.8 Å². The number of nitrogens with zero attached hydrogens (tertiary/aromatic N) is 5. The third-order valence-electron chi connectivity index (χ3n) is 2.40. The predicted molar refractivity (Wildman–Crippen MR) is 61.5 cm³/mol. The molecule has 0 aromatic carbocycles. The Balaban J connectivity index is 2.41. The fourth-order valence-corrected chi connectivity index (χ4v) is 1.61. The summed E-state index contributed by atoms with van der Waals surface area (Å²) in [6.45, 7) is 5.17. The van der Waals surface area contributed by atoms with E-state index in [2.05, 4.69) is 29.1 Å². The van der Waals surface area contributed by atoms with E-state index in [9.17, 15) is 0 Å². The fourth-order valence-electron chi connectivity index (χ4n) is 1.61. The molecule has 0 spiro atoms. The Hall–Kier alpha value is -1.85. The molecule has 0 saturated carbocycles. The Bertz CT molecular complexity index is 481. The van der Waals surface area contributed by atoms with Crippen LogP contribution in [0.15, 0.2) is 12.5 Å². The minimum absolute atomic E-state index is 0.535. The molecule has 0 aliphatic rings. The highest BCUT2D eigenvalue weighted by molar-refractivity contribution is 5.67. The molecule has 2 aromatic rings. The third-order valence-corrected chi connectivity index (χ3v) is 2.40. The van der Waals surface area contributed by atoms with Crippen molar-refractivity contribution in [3.05, 3.63) is 12.5 Å². The van der Waals surface area contributed by atoms with Crippen molar-refractivity contribution < 1.29 is 0 Å². The van der Waals surface area contributed by atoms with E-state index in [1.165, 1.54) is 0 Å². The van der Waals surface area contributed by atoms with Crippen molar-refractivity contribution in [2.24, 2.45) is 13.0 Å². The quantitative estimate of drug-likeness (QED) is 0.834. The number of hydrogen-bond donors (Lipinski definition) is 1. The molecule has 0 fully saturated rings. The Kier molecular flexibility index (Phi) is 2.64. The molecule has 0 saturated heterocycles. The lowest BCUT2D eigenvalue weighted by molar-refractivity contribution is 0.525. The maximum absolute atomic E-state index is 5.91. The Morgan fingerprint density at radius 3 is 2.75 bits per heavy atom. The van der Waals surface area contributed by atoms with E-state index in [0.717, 1.165) is 17.9 Å². The van der Waals surface area contributed by atoms with E-state index in [0.29, 0.717) is 11.7 Å². The summed E-state index contributed by atoms with van der Waals surface area (Å²) in [5.74, 6) is 1.92. The van der Waals surface area contributed by atoms with Crippen LogP contribution in [0.25, 0.3) is 11.4 Å². The van der Waals surface area contributed by atoms with Crippen LogP contribution in [-0.2, 0) is 13.6 Å². The fraction of sp³-hybridized carbons (Fsp3) is 0.500. The van der Waals surface area contributed by atoms with Crippen molar-refractivity contribution in [1.29, 1.82) is 0 Å². The number of anilines is 1. The van der Waals surface area contributed by atoms with Crippen molar-refractivity contribution in [3.63, 3.8) is 0 Å². The second kappa shape index (κ2) is 3.96. The molecule has 2 heterocycles. The Morgan fingerprint density at radius 2 is 2.19 bits per heavy atom. The molecule has 0 bridgehead atoms. The van der Waals surface area contributed by atoms with Gasteiger partial charge < -0.3 is 10.3 Å². The zero-order chi connectivity index (χ0) is 11.7. The van der Waals surface area contributed by atoms with Gasteiger partial charge in [0.05, 0.1) is 11.8 Å². The molecule has 6 nitrogen and oxygen atoms in total. The van der Waals surface area contributed by atoms with E-state index < -0.39 is 0 Å². The van der Waals surface area contributed by atoms with Gasteiger partial charge in [0.1, 0.15) is 12.1 Å². The molecule has 6 heteroatoms. The van der Waals surface area contributed by atoms with Crippen LogP contribution in [0, 0.1) is 5.92 Å². The van der Waals surface area contributed by atoms with Crippen LogP contribution in [0.3, 0.4) is 0 Å². The lowest BCUT2D eigenvalue weighted by atomic mass is 10.2. The molecule has 0 atom stereocenters. The highest BCUT2D eigenvalue weighted by Gasteiger charge is 2.14. The van der Waals surface area contributed by atoms with Crippen molar-refractivity contribution >= 4 is 5.82 Å². The monoisotopic (exact) mass is 220 g/mol. The van der Waals surface area contributed by atoms with Gasteiger partial charge in [-0.2, -0.15) is 5.10 Å². The summed E-state index contributed by atoms with van der Waals surface area (Å²) in [4.78, 5) is 0. The average Bonchev–Trinajstić information content (AvgIpc) is 2.76. The van der Waals surface area contributed by atoms with Gasteiger partial charge in [0.15, 0.2) is 5.82 Å². The molecule has 2 aromatic heterocycles. The van der Waals surface area contributed by atoms with Crippen LogP contribution >= 0.6 is 0 Å². The van der Waals surface area contributed by atoms with Gasteiger partial charge >= 0.3 is 0 Å². The zero-order valence-electron chi connectivity index (χ0n) is 9.75. The summed E-state index contributed by atoms with van der Waals surface area (Å²) < 4.78 is 3.63. The molecule has 86 valence electrons. The lowest BCUT2D eigenvalue weighted by Gasteiger charge is -2.08. The van der Waals surface area contributed by atoms with Gasteiger partial charge in [0.2, 0.25) is 0 Å². The number of hydrogen-bond acceptors (Lipinski definition) is 4. The van der Waals surface area contributed by atoms with Gasteiger partial charge in [-0.25, -0.2) is 0 Å². The molecule has 0 aliphatic heterocycles. The second-order valence-electron chi connectivity index (χ2n) is 4.27. The summed E-state index contributed by atoms with van der Waals surface area (Å²) in [6.07, 6.45) is 3.44. The summed E-state index contributed by atoms with van der Waals surface area (Å²) >= 11 is 0.